The highest BCUT2D eigenvalue weighted by molar-refractivity contribution is 9.10. The van der Waals surface area contributed by atoms with E-state index in [9.17, 15) is 0 Å². The molecular formula is C18H10BrCl. The molecule has 0 amide bonds. The fourth-order valence-corrected chi connectivity index (χ4v) is 3.28. The summed E-state index contributed by atoms with van der Waals surface area (Å²) in [7, 11) is 0. The number of rotatable bonds is 0. The largest absolute Gasteiger partial charge is 0.0831 e. The molecule has 0 aliphatic carbocycles. The summed E-state index contributed by atoms with van der Waals surface area (Å²) in [5.41, 5.74) is 0. The van der Waals surface area contributed by atoms with Gasteiger partial charge in [-0.1, -0.05) is 48.0 Å². The molecule has 0 saturated carbocycles. The second-order valence-corrected chi connectivity index (χ2v) is 6.24. The first-order valence-corrected chi connectivity index (χ1v) is 7.60. The van der Waals surface area contributed by atoms with E-state index < -0.39 is 0 Å². The molecule has 0 N–H and O–H groups in total. The van der Waals surface area contributed by atoms with E-state index in [2.05, 4.69) is 70.5 Å². The monoisotopic (exact) mass is 340 g/mol. The van der Waals surface area contributed by atoms with E-state index in [0.717, 1.165) is 9.50 Å². The first kappa shape index (κ1) is 12.2. The molecule has 0 fully saturated rings. The van der Waals surface area contributed by atoms with Crippen LogP contribution in [-0.2, 0) is 0 Å². The Kier molecular flexibility index (Phi) is 2.73. The van der Waals surface area contributed by atoms with Gasteiger partial charge in [0.25, 0.3) is 0 Å². The average Bonchev–Trinajstić information content (AvgIpc) is 2.47. The molecule has 4 rings (SSSR count). The maximum Gasteiger partial charge on any atom is 0.0554 e. The first-order chi connectivity index (χ1) is 9.72. The Morgan fingerprint density at radius 3 is 2.30 bits per heavy atom. The highest BCUT2D eigenvalue weighted by atomic mass is 79.9. The standard InChI is InChI=1S/C18H10BrCl/c19-17-9-14-8-16-12(7-13(14)10-18(17)20)6-5-11-3-1-2-4-15(11)16/h1-10H. The Labute approximate surface area is 130 Å². The smallest absolute Gasteiger partial charge is 0.0554 e. The summed E-state index contributed by atoms with van der Waals surface area (Å²) < 4.78 is 0.936. The highest BCUT2D eigenvalue weighted by Gasteiger charge is 2.05. The third-order valence-electron chi connectivity index (χ3n) is 3.74. The van der Waals surface area contributed by atoms with Gasteiger partial charge in [0.2, 0.25) is 0 Å². The van der Waals surface area contributed by atoms with Crippen LogP contribution in [0.4, 0.5) is 0 Å². The Hall–Kier alpha value is -1.57. The van der Waals surface area contributed by atoms with Crippen LogP contribution in [0.2, 0.25) is 5.02 Å². The minimum absolute atomic E-state index is 0.748. The van der Waals surface area contributed by atoms with Gasteiger partial charge in [-0.05, 0) is 72.5 Å². The molecule has 0 heterocycles. The lowest BCUT2D eigenvalue weighted by molar-refractivity contribution is 1.72. The van der Waals surface area contributed by atoms with E-state index in [1.165, 1.54) is 32.3 Å². The zero-order valence-electron chi connectivity index (χ0n) is 10.5. The van der Waals surface area contributed by atoms with E-state index in [-0.39, 0.29) is 0 Å². The SMILES string of the molecule is Clc1cc2cc3ccc4ccccc4c3cc2cc1Br. The summed E-state index contributed by atoms with van der Waals surface area (Å²) in [4.78, 5) is 0. The summed E-state index contributed by atoms with van der Waals surface area (Å²) in [5.74, 6) is 0. The Morgan fingerprint density at radius 2 is 1.40 bits per heavy atom. The molecule has 0 saturated heterocycles. The fourth-order valence-electron chi connectivity index (χ4n) is 2.75. The van der Waals surface area contributed by atoms with Gasteiger partial charge in [0.15, 0.2) is 0 Å². The fraction of sp³-hybridized carbons (Fsp3) is 0. The van der Waals surface area contributed by atoms with Gasteiger partial charge in [0.05, 0.1) is 5.02 Å². The molecule has 0 radical (unpaired) electrons. The molecule has 0 spiro atoms. The lowest BCUT2D eigenvalue weighted by Gasteiger charge is -2.07. The molecule has 0 bridgehead atoms. The maximum absolute atomic E-state index is 6.19. The molecule has 0 atom stereocenters. The third kappa shape index (κ3) is 1.81. The van der Waals surface area contributed by atoms with E-state index in [1.807, 2.05) is 6.07 Å². The topological polar surface area (TPSA) is 0 Å². The van der Waals surface area contributed by atoms with Crippen molar-refractivity contribution in [2.75, 3.05) is 0 Å². The molecule has 2 heteroatoms. The summed E-state index contributed by atoms with van der Waals surface area (Å²) in [5, 5.41) is 8.20. The Morgan fingerprint density at radius 1 is 0.650 bits per heavy atom. The molecule has 0 unspecified atom stereocenters. The van der Waals surface area contributed by atoms with Crippen LogP contribution in [0.15, 0.2) is 65.1 Å². The van der Waals surface area contributed by atoms with Gasteiger partial charge >= 0.3 is 0 Å². The predicted molar refractivity (Wildman–Crippen MR) is 91.7 cm³/mol. The third-order valence-corrected chi connectivity index (χ3v) is 4.94. The van der Waals surface area contributed by atoms with Gasteiger partial charge in [-0.3, -0.25) is 0 Å². The van der Waals surface area contributed by atoms with Crippen LogP contribution in [0.3, 0.4) is 0 Å². The normalized spacial score (nSPS) is 11.5. The molecule has 0 aromatic heterocycles. The molecule has 4 aromatic carbocycles. The quantitative estimate of drug-likeness (QED) is 0.251. The van der Waals surface area contributed by atoms with Gasteiger partial charge in [-0.25, -0.2) is 0 Å². The molecule has 0 aliphatic heterocycles. The van der Waals surface area contributed by atoms with Crippen molar-refractivity contribution in [2.45, 2.75) is 0 Å². The van der Waals surface area contributed by atoms with E-state index in [4.69, 9.17) is 11.6 Å². The van der Waals surface area contributed by atoms with Crippen molar-refractivity contribution < 1.29 is 0 Å². The molecule has 96 valence electrons. The second kappa shape index (κ2) is 4.47. The van der Waals surface area contributed by atoms with Crippen molar-refractivity contribution in [2.24, 2.45) is 0 Å². The van der Waals surface area contributed by atoms with Gasteiger partial charge < -0.3 is 0 Å². The van der Waals surface area contributed by atoms with Crippen molar-refractivity contribution in [3.05, 3.63) is 70.2 Å². The summed E-state index contributed by atoms with van der Waals surface area (Å²) >= 11 is 9.69. The summed E-state index contributed by atoms with van der Waals surface area (Å²) in [6.07, 6.45) is 0. The number of halogens is 2. The van der Waals surface area contributed by atoms with Crippen LogP contribution in [0.1, 0.15) is 0 Å². The van der Waals surface area contributed by atoms with Crippen molar-refractivity contribution in [3.63, 3.8) is 0 Å². The summed E-state index contributed by atoms with van der Waals surface area (Å²) in [6, 6.07) is 21.4. The van der Waals surface area contributed by atoms with Gasteiger partial charge in [0, 0.05) is 4.47 Å². The molecule has 20 heavy (non-hydrogen) atoms. The van der Waals surface area contributed by atoms with Crippen LogP contribution in [0, 0.1) is 0 Å². The van der Waals surface area contributed by atoms with Crippen molar-refractivity contribution in [1.82, 2.24) is 0 Å². The molecule has 4 aromatic rings. The zero-order valence-corrected chi connectivity index (χ0v) is 12.9. The number of hydrogen-bond donors (Lipinski definition) is 0. The average molecular weight is 342 g/mol. The maximum atomic E-state index is 6.19. The number of fused-ring (bicyclic) bond motifs is 4. The number of benzene rings is 4. The van der Waals surface area contributed by atoms with Crippen LogP contribution in [0.5, 0.6) is 0 Å². The zero-order chi connectivity index (χ0) is 13.7. The molecule has 0 nitrogen and oxygen atoms in total. The van der Waals surface area contributed by atoms with Crippen LogP contribution < -0.4 is 0 Å². The second-order valence-electron chi connectivity index (χ2n) is 4.97. The first-order valence-electron chi connectivity index (χ1n) is 6.43. The van der Waals surface area contributed by atoms with Crippen LogP contribution in [0.25, 0.3) is 32.3 Å². The van der Waals surface area contributed by atoms with Gasteiger partial charge in [-0.15, -0.1) is 0 Å². The highest BCUT2D eigenvalue weighted by Crippen LogP contribution is 2.33. The minimum Gasteiger partial charge on any atom is -0.0831 e. The van der Waals surface area contributed by atoms with Gasteiger partial charge in [-0.2, -0.15) is 0 Å². The Balaban J connectivity index is 2.21. The van der Waals surface area contributed by atoms with Gasteiger partial charge in [0.1, 0.15) is 0 Å². The van der Waals surface area contributed by atoms with E-state index >= 15 is 0 Å². The van der Waals surface area contributed by atoms with Crippen molar-refractivity contribution in [3.8, 4) is 0 Å². The van der Waals surface area contributed by atoms with Crippen molar-refractivity contribution in [1.29, 1.82) is 0 Å². The predicted octanol–water partition coefficient (Wildman–Crippen LogP) is 6.56. The number of hydrogen-bond acceptors (Lipinski definition) is 0. The Bertz CT molecular complexity index is 973. The molecular weight excluding hydrogens is 332 g/mol. The van der Waals surface area contributed by atoms with E-state index in [0.29, 0.717) is 0 Å². The lowest BCUT2D eigenvalue weighted by Crippen LogP contribution is -1.80. The minimum atomic E-state index is 0.748. The van der Waals surface area contributed by atoms with Crippen LogP contribution in [-0.4, -0.2) is 0 Å². The van der Waals surface area contributed by atoms with Crippen molar-refractivity contribution >= 4 is 59.8 Å². The summed E-state index contributed by atoms with van der Waals surface area (Å²) in [6.45, 7) is 0. The van der Waals surface area contributed by atoms with Crippen LogP contribution >= 0.6 is 27.5 Å². The van der Waals surface area contributed by atoms with E-state index in [1.54, 1.807) is 0 Å². The molecule has 0 aliphatic rings. The lowest BCUT2D eigenvalue weighted by atomic mass is 9.98.